The molecule has 3 N–H and O–H groups in total. The van der Waals surface area contributed by atoms with Gasteiger partial charge >= 0.3 is 0 Å². The lowest BCUT2D eigenvalue weighted by Crippen LogP contribution is -2.21. The number of nitrogens with one attached hydrogen (secondary N) is 1. The molecule has 0 radical (unpaired) electrons. The van der Waals surface area contributed by atoms with Crippen molar-refractivity contribution < 1.29 is 23.0 Å². The average Bonchev–Trinajstić information content (AvgIpc) is 3.72. The van der Waals surface area contributed by atoms with Crippen molar-refractivity contribution in [1.82, 2.24) is 9.97 Å². The van der Waals surface area contributed by atoms with E-state index in [9.17, 15) is 13.6 Å². The van der Waals surface area contributed by atoms with Crippen LogP contribution in [-0.2, 0) is 4.74 Å². The predicted molar refractivity (Wildman–Crippen MR) is 126 cm³/mol. The lowest BCUT2D eigenvalue weighted by atomic mass is 10.1. The lowest BCUT2D eigenvalue weighted by molar-refractivity contribution is 0.102. The van der Waals surface area contributed by atoms with E-state index in [0.717, 1.165) is 18.9 Å². The number of carbonyl (C=O) groups is 1. The predicted octanol–water partition coefficient (Wildman–Crippen LogP) is 3.74. The smallest absolute Gasteiger partial charge is 0.275 e. The van der Waals surface area contributed by atoms with Crippen LogP contribution < -0.4 is 15.8 Å². The van der Waals surface area contributed by atoms with Crippen LogP contribution in [0.4, 0.5) is 14.5 Å². The summed E-state index contributed by atoms with van der Waals surface area (Å²) in [6.07, 6.45) is 5.42. The molecule has 2 fully saturated rings. The number of amides is 1. The average molecular weight is 492 g/mol. The van der Waals surface area contributed by atoms with Crippen molar-refractivity contribution in [2.24, 2.45) is 16.1 Å². The van der Waals surface area contributed by atoms with Crippen LogP contribution in [-0.4, -0.2) is 53.2 Å². The van der Waals surface area contributed by atoms with Gasteiger partial charge in [-0.2, -0.15) is 0 Å². The number of hydrogen-bond acceptors (Lipinski definition) is 7. The zero-order chi connectivity index (χ0) is 24.5. The molecule has 2 aromatic rings. The Hall–Kier alpha value is -2.79. The van der Waals surface area contributed by atoms with Crippen LogP contribution in [0.5, 0.6) is 5.88 Å². The summed E-state index contributed by atoms with van der Waals surface area (Å²) in [6.45, 7) is 2.97. The number of nitrogens with zero attached hydrogens (tertiary/aromatic N) is 3. The summed E-state index contributed by atoms with van der Waals surface area (Å²) in [7, 11) is 3.10. The Labute approximate surface area is 200 Å². The van der Waals surface area contributed by atoms with Crippen LogP contribution in [0, 0.1) is 17.0 Å². The Morgan fingerprint density at radius 3 is 2.68 bits per heavy atom. The molecule has 0 saturated heterocycles. The van der Waals surface area contributed by atoms with Crippen LogP contribution in [0.1, 0.15) is 48.2 Å². The minimum atomic E-state index is -1.06. The monoisotopic (exact) mass is 491 g/mol. The minimum Gasteiger partial charge on any atom is -0.476 e. The first kappa shape index (κ1) is 24.3. The van der Waals surface area contributed by atoms with Crippen LogP contribution in [0.3, 0.4) is 0 Å². The fourth-order valence-electron chi connectivity index (χ4n) is 3.73. The van der Waals surface area contributed by atoms with Crippen LogP contribution in [0.2, 0.25) is 0 Å². The number of methoxy groups -OCH3 is 1. The third-order valence-corrected chi connectivity index (χ3v) is 7.53. The van der Waals surface area contributed by atoms with E-state index in [1.165, 1.54) is 37.3 Å². The van der Waals surface area contributed by atoms with Gasteiger partial charge in [-0.3, -0.25) is 9.79 Å². The molecule has 182 valence electrons. The highest BCUT2D eigenvalue weighted by Crippen LogP contribution is 2.61. The van der Waals surface area contributed by atoms with Crippen molar-refractivity contribution in [3.8, 4) is 5.88 Å². The number of rotatable bonds is 9. The molecule has 2 atom stereocenters. The number of aromatic nitrogens is 2. The molecule has 2 saturated carbocycles. The number of anilines is 1. The van der Waals surface area contributed by atoms with Crippen LogP contribution in [0.25, 0.3) is 0 Å². The van der Waals surface area contributed by atoms with Crippen LogP contribution in [0.15, 0.2) is 29.5 Å². The third kappa shape index (κ3) is 5.30. The number of halogens is 2. The van der Waals surface area contributed by atoms with Crippen molar-refractivity contribution in [2.75, 3.05) is 32.7 Å². The van der Waals surface area contributed by atoms with Crippen molar-refractivity contribution in [3.63, 3.8) is 0 Å². The minimum absolute atomic E-state index is 0.0268. The fraction of sp³-hybridized carbons (Fsp3) is 0.478. The Bertz CT molecular complexity index is 1110. The molecule has 0 aliphatic heterocycles. The quantitative estimate of drug-likeness (QED) is 0.406. The SMILES string of the molecule is C/N=C(/N)S[C@@]1(COC)C[C@H]1c1cc(NC(=O)c2cnc(OCC3(C)CC3)cn2)cc(F)c1F. The summed E-state index contributed by atoms with van der Waals surface area (Å²) >= 11 is 1.28. The molecule has 1 aromatic heterocycles. The Kier molecular flexibility index (Phi) is 6.77. The molecule has 0 bridgehead atoms. The molecule has 4 rings (SSSR count). The van der Waals surface area contributed by atoms with Gasteiger partial charge in [-0.25, -0.2) is 18.7 Å². The van der Waals surface area contributed by atoms with Gasteiger partial charge in [0.25, 0.3) is 5.91 Å². The maximum Gasteiger partial charge on any atom is 0.275 e. The third-order valence-electron chi connectivity index (χ3n) is 6.16. The van der Waals surface area contributed by atoms with E-state index in [0.29, 0.717) is 30.7 Å². The summed E-state index contributed by atoms with van der Waals surface area (Å²) in [6, 6.07) is 2.37. The van der Waals surface area contributed by atoms with E-state index >= 15 is 0 Å². The van der Waals surface area contributed by atoms with E-state index in [4.69, 9.17) is 15.2 Å². The number of nitrogens with two attached hydrogens (primary N) is 1. The molecule has 34 heavy (non-hydrogen) atoms. The lowest BCUT2D eigenvalue weighted by Gasteiger charge is -2.17. The number of ether oxygens (including phenoxy) is 2. The summed E-state index contributed by atoms with van der Waals surface area (Å²) < 4.78 is 39.5. The second kappa shape index (κ2) is 9.46. The largest absolute Gasteiger partial charge is 0.476 e. The Morgan fingerprint density at radius 1 is 1.29 bits per heavy atom. The van der Waals surface area contributed by atoms with Gasteiger partial charge in [0, 0.05) is 37.2 Å². The van der Waals surface area contributed by atoms with Gasteiger partial charge in [-0.15, -0.1) is 0 Å². The van der Waals surface area contributed by atoms with E-state index in [2.05, 4.69) is 27.2 Å². The highest BCUT2D eigenvalue weighted by Gasteiger charge is 2.57. The number of carbonyl (C=O) groups excluding carboxylic acids is 1. The summed E-state index contributed by atoms with van der Waals surface area (Å²) in [5, 5.41) is 2.91. The molecule has 8 nitrogen and oxygen atoms in total. The summed E-state index contributed by atoms with van der Waals surface area (Å²) in [5.74, 6) is -2.64. The Morgan fingerprint density at radius 2 is 2.06 bits per heavy atom. The number of thioether (sulfide) groups is 1. The Balaban J connectivity index is 1.47. The van der Waals surface area contributed by atoms with Gasteiger partial charge in [0.05, 0.1) is 30.4 Å². The molecule has 0 unspecified atom stereocenters. The molecule has 1 heterocycles. The number of aliphatic imine (C=N–C) groups is 1. The fourth-order valence-corrected chi connectivity index (χ4v) is 4.93. The molecule has 2 aliphatic rings. The van der Waals surface area contributed by atoms with Crippen LogP contribution >= 0.6 is 11.8 Å². The molecular weight excluding hydrogens is 464 g/mol. The van der Waals surface area contributed by atoms with E-state index < -0.39 is 22.3 Å². The van der Waals surface area contributed by atoms with Crippen molar-refractivity contribution in [2.45, 2.75) is 36.9 Å². The first-order valence-electron chi connectivity index (χ1n) is 10.8. The van der Waals surface area contributed by atoms with Crippen molar-refractivity contribution in [3.05, 3.63) is 47.4 Å². The highest BCUT2D eigenvalue weighted by atomic mass is 32.2. The molecule has 1 amide bonds. The topological polar surface area (TPSA) is 112 Å². The zero-order valence-electron chi connectivity index (χ0n) is 19.2. The second-order valence-corrected chi connectivity index (χ2v) is 10.5. The summed E-state index contributed by atoms with van der Waals surface area (Å²) in [5.41, 5.74) is 6.34. The number of amidine groups is 1. The van der Waals surface area contributed by atoms with Gasteiger partial charge < -0.3 is 20.5 Å². The molecule has 0 spiro atoms. The van der Waals surface area contributed by atoms with Gasteiger partial charge in [0.1, 0.15) is 5.69 Å². The molecular formula is C23H27F2N5O3S. The second-order valence-electron chi connectivity index (χ2n) is 9.07. The van der Waals surface area contributed by atoms with Crippen molar-refractivity contribution >= 4 is 28.5 Å². The first-order chi connectivity index (χ1) is 16.2. The molecule has 2 aliphatic carbocycles. The van der Waals surface area contributed by atoms with Gasteiger partial charge in [0.2, 0.25) is 5.88 Å². The molecule has 1 aromatic carbocycles. The van der Waals surface area contributed by atoms with E-state index in [1.807, 2.05) is 0 Å². The van der Waals surface area contributed by atoms with E-state index in [1.54, 1.807) is 7.05 Å². The van der Waals surface area contributed by atoms with Gasteiger partial charge in [-0.1, -0.05) is 18.7 Å². The van der Waals surface area contributed by atoms with Gasteiger partial charge in [0.15, 0.2) is 16.8 Å². The highest BCUT2D eigenvalue weighted by molar-refractivity contribution is 8.15. The van der Waals surface area contributed by atoms with Gasteiger partial charge in [-0.05, 0) is 30.9 Å². The maximum atomic E-state index is 14.7. The number of benzene rings is 1. The number of hydrogen-bond donors (Lipinski definition) is 2. The first-order valence-corrected chi connectivity index (χ1v) is 11.7. The summed E-state index contributed by atoms with van der Waals surface area (Å²) in [4.78, 5) is 24.8. The standard InChI is InChI=1S/C23H27F2N5O3S/c1-22(4-5-22)11-33-18-10-28-17(9-29-18)20(31)30-13-6-14(19(25)16(24)7-13)15-8-23(15,12-32-3)34-21(26)27-2/h6-7,9-10,15H,4-5,8,11-12H2,1-3H3,(H2,26,27)(H,30,31)/t15-,23+/m0/s1. The normalized spacial score (nSPS) is 22.9. The zero-order valence-corrected chi connectivity index (χ0v) is 20.0. The van der Waals surface area contributed by atoms with Crippen molar-refractivity contribution in [1.29, 1.82) is 0 Å². The maximum absolute atomic E-state index is 14.7. The van der Waals surface area contributed by atoms with E-state index in [-0.39, 0.29) is 28.3 Å². The molecule has 11 heteroatoms.